The number of anilines is 1. The number of aryl methyl sites for hydroxylation is 1. The smallest absolute Gasteiger partial charge is 0.0805 e. The minimum atomic E-state index is 1.19. The van der Waals surface area contributed by atoms with Crippen LogP contribution in [0.2, 0.25) is 0 Å². The van der Waals surface area contributed by atoms with Gasteiger partial charge in [-0.05, 0) is 41.8 Å². The Labute approximate surface area is 136 Å². The number of fused-ring (bicyclic) bond motifs is 1. The highest BCUT2D eigenvalue weighted by atomic mass is 32.2. The third-order valence-corrected chi connectivity index (χ3v) is 4.97. The van der Waals surface area contributed by atoms with Crippen LogP contribution in [0.3, 0.4) is 0 Å². The van der Waals surface area contributed by atoms with Gasteiger partial charge in [0.1, 0.15) is 0 Å². The number of rotatable bonds is 3. The standard InChI is InChI=1S/C20H19NS/c1-4-9-16(17-11-6-5-10-15(17)2)14-20-21(3)18-12-7-8-13-19(18)22-20/h4-14H,1H2,2-3H3/b16-9-,20-14+. The van der Waals surface area contributed by atoms with Crippen molar-refractivity contribution < 1.29 is 0 Å². The second kappa shape index (κ2) is 6.29. The molecule has 0 fully saturated rings. The molecule has 1 aliphatic heterocycles. The Morgan fingerprint density at radius 3 is 2.55 bits per heavy atom. The fourth-order valence-corrected chi connectivity index (χ4v) is 3.72. The van der Waals surface area contributed by atoms with Gasteiger partial charge in [-0.3, -0.25) is 0 Å². The molecule has 0 radical (unpaired) electrons. The predicted molar refractivity (Wildman–Crippen MR) is 98.1 cm³/mol. The number of para-hydroxylation sites is 1. The van der Waals surface area contributed by atoms with Crippen LogP contribution in [0.25, 0.3) is 5.57 Å². The summed E-state index contributed by atoms with van der Waals surface area (Å²) in [6.07, 6.45) is 6.17. The zero-order valence-corrected chi connectivity index (χ0v) is 13.7. The third-order valence-electron chi connectivity index (χ3n) is 3.80. The van der Waals surface area contributed by atoms with Crippen LogP contribution >= 0.6 is 11.8 Å². The molecule has 0 saturated heterocycles. The zero-order valence-electron chi connectivity index (χ0n) is 12.9. The molecule has 110 valence electrons. The summed E-state index contributed by atoms with van der Waals surface area (Å²) in [5, 5.41) is 1.23. The average molecular weight is 305 g/mol. The number of allylic oxidation sites excluding steroid dienone is 4. The maximum Gasteiger partial charge on any atom is 0.0805 e. The zero-order chi connectivity index (χ0) is 15.5. The van der Waals surface area contributed by atoms with E-state index in [-0.39, 0.29) is 0 Å². The molecular formula is C20H19NS. The summed E-state index contributed by atoms with van der Waals surface area (Å²) in [5.74, 6) is 0. The van der Waals surface area contributed by atoms with E-state index in [9.17, 15) is 0 Å². The van der Waals surface area contributed by atoms with Crippen molar-refractivity contribution in [3.05, 3.63) is 89.5 Å². The summed E-state index contributed by atoms with van der Waals surface area (Å²) in [7, 11) is 2.12. The van der Waals surface area contributed by atoms with Gasteiger partial charge in [-0.15, -0.1) is 0 Å². The monoisotopic (exact) mass is 305 g/mol. The Morgan fingerprint density at radius 1 is 1.09 bits per heavy atom. The molecular weight excluding hydrogens is 286 g/mol. The van der Waals surface area contributed by atoms with E-state index >= 15 is 0 Å². The number of nitrogens with zero attached hydrogens (tertiary/aromatic N) is 1. The van der Waals surface area contributed by atoms with Crippen molar-refractivity contribution in [1.29, 1.82) is 0 Å². The molecule has 0 unspecified atom stereocenters. The van der Waals surface area contributed by atoms with Crippen LogP contribution in [0.5, 0.6) is 0 Å². The first-order valence-corrected chi connectivity index (χ1v) is 8.13. The minimum Gasteiger partial charge on any atom is -0.338 e. The molecule has 0 spiro atoms. The lowest BCUT2D eigenvalue weighted by Crippen LogP contribution is -2.09. The van der Waals surface area contributed by atoms with Crippen molar-refractivity contribution in [2.75, 3.05) is 11.9 Å². The van der Waals surface area contributed by atoms with Gasteiger partial charge >= 0.3 is 0 Å². The van der Waals surface area contributed by atoms with Gasteiger partial charge in [0.25, 0.3) is 0 Å². The summed E-state index contributed by atoms with van der Waals surface area (Å²) in [5.41, 5.74) is 4.98. The van der Waals surface area contributed by atoms with Crippen molar-refractivity contribution in [2.45, 2.75) is 11.8 Å². The van der Waals surface area contributed by atoms with Crippen molar-refractivity contribution >= 4 is 23.0 Å². The SMILES string of the molecule is C=C/C=C(/C=C1/Sc2ccccc2N1C)c1ccccc1C. The maximum atomic E-state index is 3.86. The second-order valence-electron chi connectivity index (χ2n) is 5.28. The Hall–Kier alpha value is -2.19. The highest BCUT2D eigenvalue weighted by Crippen LogP contribution is 2.45. The number of hydrogen-bond acceptors (Lipinski definition) is 2. The van der Waals surface area contributed by atoms with E-state index in [0.29, 0.717) is 0 Å². The highest BCUT2D eigenvalue weighted by molar-refractivity contribution is 8.03. The normalized spacial score (nSPS) is 16.0. The number of thioether (sulfide) groups is 1. The van der Waals surface area contributed by atoms with Crippen LogP contribution < -0.4 is 4.90 Å². The predicted octanol–water partition coefficient (Wildman–Crippen LogP) is 5.65. The third kappa shape index (κ3) is 2.75. The van der Waals surface area contributed by atoms with E-state index in [1.54, 1.807) is 0 Å². The van der Waals surface area contributed by atoms with Gasteiger partial charge in [0.05, 0.1) is 10.7 Å². The van der Waals surface area contributed by atoms with Crippen LogP contribution in [0.4, 0.5) is 5.69 Å². The molecule has 2 heteroatoms. The van der Waals surface area contributed by atoms with E-state index in [4.69, 9.17) is 0 Å². The van der Waals surface area contributed by atoms with E-state index in [1.165, 1.54) is 32.3 Å². The fourth-order valence-electron chi connectivity index (χ4n) is 2.62. The lowest BCUT2D eigenvalue weighted by atomic mass is 10.00. The van der Waals surface area contributed by atoms with Gasteiger partial charge in [0.15, 0.2) is 0 Å². The van der Waals surface area contributed by atoms with E-state index in [2.05, 4.69) is 86.1 Å². The molecule has 3 rings (SSSR count). The van der Waals surface area contributed by atoms with Crippen LogP contribution in [0.1, 0.15) is 11.1 Å². The molecule has 1 heterocycles. The largest absolute Gasteiger partial charge is 0.338 e. The van der Waals surface area contributed by atoms with Crippen molar-refractivity contribution in [1.82, 2.24) is 0 Å². The molecule has 0 atom stereocenters. The van der Waals surface area contributed by atoms with Crippen molar-refractivity contribution in [3.8, 4) is 0 Å². The van der Waals surface area contributed by atoms with E-state index in [0.717, 1.165) is 0 Å². The first kappa shape index (κ1) is 14.7. The number of benzene rings is 2. The Morgan fingerprint density at radius 2 is 1.82 bits per heavy atom. The summed E-state index contributed by atoms with van der Waals surface area (Å²) in [6, 6.07) is 17.0. The second-order valence-corrected chi connectivity index (χ2v) is 6.35. The maximum absolute atomic E-state index is 3.86. The summed E-state index contributed by atoms with van der Waals surface area (Å²) < 4.78 is 0. The summed E-state index contributed by atoms with van der Waals surface area (Å²) in [4.78, 5) is 3.55. The molecule has 1 aliphatic rings. The molecule has 22 heavy (non-hydrogen) atoms. The molecule has 0 bridgehead atoms. The highest BCUT2D eigenvalue weighted by Gasteiger charge is 2.21. The molecule has 0 aliphatic carbocycles. The molecule has 0 amide bonds. The van der Waals surface area contributed by atoms with Gasteiger partial charge in [-0.25, -0.2) is 0 Å². The molecule has 0 N–H and O–H groups in total. The lowest BCUT2D eigenvalue weighted by Gasteiger charge is -2.15. The number of hydrogen-bond donors (Lipinski definition) is 0. The van der Waals surface area contributed by atoms with E-state index in [1.807, 2.05) is 17.8 Å². The lowest BCUT2D eigenvalue weighted by molar-refractivity contribution is 1.17. The van der Waals surface area contributed by atoms with Crippen molar-refractivity contribution in [3.63, 3.8) is 0 Å². The van der Waals surface area contributed by atoms with Gasteiger partial charge in [-0.2, -0.15) is 0 Å². The van der Waals surface area contributed by atoms with Gasteiger partial charge in [-0.1, -0.05) is 66.9 Å². The Kier molecular flexibility index (Phi) is 4.21. The summed E-state index contributed by atoms with van der Waals surface area (Å²) >= 11 is 1.81. The van der Waals surface area contributed by atoms with Gasteiger partial charge in [0.2, 0.25) is 0 Å². The Bertz CT molecular complexity index is 771. The quantitative estimate of drug-likeness (QED) is 0.674. The first-order valence-electron chi connectivity index (χ1n) is 7.31. The average Bonchev–Trinajstić information content (AvgIpc) is 2.84. The topological polar surface area (TPSA) is 3.24 Å². The molecule has 0 saturated carbocycles. The van der Waals surface area contributed by atoms with Gasteiger partial charge < -0.3 is 4.90 Å². The molecule has 0 aromatic heterocycles. The molecule has 2 aromatic carbocycles. The molecule has 2 aromatic rings. The minimum absolute atomic E-state index is 1.19. The van der Waals surface area contributed by atoms with Crippen LogP contribution in [-0.4, -0.2) is 7.05 Å². The van der Waals surface area contributed by atoms with E-state index < -0.39 is 0 Å². The van der Waals surface area contributed by atoms with Crippen LogP contribution in [0.15, 0.2) is 83.3 Å². The van der Waals surface area contributed by atoms with Crippen molar-refractivity contribution in [2.24, 2.45) is 0 Å². The van der Waals surface area contributed by atoms with Crippen LogP contribution in [0, 0.1) is 6.92 Å². The van der Waals surface area contributed by atoms with Gasteiger partial charge in [0, 0.05) is 11.9 Å². The Balaban J connectivity index is 2.01. The molecule has 1 nitrogen and oxygen atoms in total. The van der Waals surface area contributed by atoms with Crippen LogP contribution in [-0.2, 0) is 0 Å². The fraction of sp³-hybridized carbons (Fsp3) is 0.100. The first-order chi connectivity index (χ1) is 10.7. The summed E-state index contributed by atoms with van der Waals surface area (Å²) in [6.45, 7) is 6.01.